The van der Waals surface area contributed by atoms with E-state index >= 15 is 0 Å². The maximum atomic E-state index is 12.2. The molecule has 6 heteroatoms. The lowest BCUT2D eigenvalue weighted by Gasteiger charge is -2.33. The van der Waals surface area contributed by atoms with Gasteiger partial charge in [0.05, 0.1) is 0 Å². The van der Waals surface area contributed by atoms with E-state index in [1.807, 2.05) is 0 Å². The van der Waals surface area contributed by atoms with Crippen molar-refractivity contribution in [2.24, 2.45) is 5.92 Å². The lowest BCUT2D eigenvalue weighted by Crippen LogP contribution is -2.53. The second-order valence-corrected chi connectivity index (χ2v) is 5.58. The number of likely N-dealkylation sites (tertiary alicyclic amines) is 1. The van der Waals surface area contributed by atoms with E-state index in [4.69, 9.17) is 0 Å². The van der Waals surface area contributed by atoms with Crippen molar-refractivity contribution in [3.63, 3.8) is 0 Å². The molecule has 0 aromatic rings. The summed E-state index contributed by atoms with van der Waals surface area (Å²) in [5.41, 5.74) is 0. The molecule has 2 N–H and O–H groups in total. The summed E-state index contributed by atoms with van der Waals surface area (Å²) in [7, 11) is 2.13. The van der Waals surface area contributed by atoms with Crippen LogP contribution in [-0.2, 0) is 4.79 Å². The number of carbonyl (C=O) groups excluding carboxylic acids is 1. The molecule has 2 fully saturated rings. The Kier molecular flexibility index (Phi) is 8.99. The summed E-state index contributed by atoms with van der Waals surface area (Å²) in [4.78, 5) is 14.5. The molecular weight excluding hydrogens is 285 g/mol. The highest BCUT2D eigenvalue weighted by molar-refractivity contribution is 5.85. The minimum atomic E-state index is 0. The third kappa shape index (κ3) is 5.46. The zero-order valence-corrected chi connectivity index (χ0v) is 13.5. The molecule has 2 unspecified atom stereocenters. The van der Waals surface area contributed by atoms with Crippen molar-refractivity contribution in [2.45, 2.75) is 44.7 Å². The Hall–Kier alpha value is -0.0300. The highest BCUT2D eigenvalue weighted by Gasteiger charge is 2.27. The summed E-state index contributed by atoms with van der Waals surface area (Å²) in [6.07, 6.45) is 4.31. The molecule has 2 saturated heterocycles. The minimum Gasteiger partial charge on any atom is -0.352 e. The number of piperidine rings is 2. The molecule has 0 radical (unpaired) electrons. The number of hydrogen-bond donors (Lipinski definition) is 2. The minimum absolute atomic E-state index is 0. The topological polar surface area (TPSA) is 44.4 Å². The van der Waals surface area contributed by atoms with Crippen molar-refractivity contribution in [3.05, 3.63) is 0 Å². The Morgan fingerprint density at radius 3 is 2.42 bits per heavy atom. The number of carbonyl (C=O) groups is 1. The quantitative estimate of drug-likeness (QED) is 0.811. The molecule has 4 nitrogen and oxygen atoms in total. The van der Waals surface area contributed by atoms with Gasteiger partial charge < -0.3 is 15.5 Å². The Bertz CT molecular complexity index is 271. The number of hydrogen-bond acceptors (Lipinski definition) is 3. The fourth-order valence-corrected chi connectivity index (χ4v) is 2.81. The standard InChI is InChI=1S/C13H25N3O.2ClH/c1-10-12(4-3-7-14-10)15-13(17)11-5-8-16(2)9-6-11;;/h10-12,14H,3-9H2,1-2H3,(H,15,17);2*1H. The molecule has 1 amide bonds. The van der Waals surface area contributed by atoms with E-state index in [-0.39, 0.29) is 36.6 Å². The van der Waals surface area contributed by atoms with E-state index in [1.165, 1.54) is 6.42 Å². The maximum Gasteiger partial charge on any atom is 0.223 e. The van der Waals surface area contributed by atoms with Crippen molar-refractivity contribution in [2.75, 3.05) is 26.7 Å². The number of rotatable bonds is 2. The Balaban J connectivity index is 0.00000162. The maximum absolute atomic E-state index is 12.2. The molecule has 19 heavy (non-hydrogen) atoms. The van der Waals surface area contributed by atoms with Crippen LogP contribution in [0.3, 0.4) is 0 Å². The molecule has 114 valence electrons. The van der Waals surface area contributed by atoms with Gasteiger partial charge in [-0.3, -0.25) is 4.79 Å². The van der Waals surface area contributed by atoms with Crippen LogP contribution in [-0.4, -0.2) is 49.6 Å². The molecule has 2 aliphatic rings. The first-order chi connectivity index (χ1) is 8.16. The van der Waals surface area contributed by atoms with Crippen LogP contribution in [0.2, 0.25) is 0 Å². The van der Waals surface area contributed by atoms with Gasteiger partial charge in [0.2, 0.25) is 5.91 Å². The van der Waals surface area contributed by atoms with Crippen LogP contribution in [0.1, 0.15) is 32.6 Å². The lowest BCUT2D eigenvalue weighted by atomic mass is 9.94. The zero-order chi connectivity index (χ0) is 12.3. The first kappa shape index (κ1) is 19.0. The molecule has 2 aliphatic heterocycles. The Morgan fingerprint density at radius 2 is 1.84 bits per heavy atom. The SMILES string of the molecule is CC1NCCCC1NC(=O)C1CCN(C)CC1.Cl.Cl. The van der Waals surface area contributed by atoms with E-state index in [9.17, 15) is 4.79 Å². The van der Waals surface area contributed by atoms with Crippen molar-refractivity contribution < 1.29 is 4.79 Å². The molecule has 0 bridgehead atoms. The molecule has 0 aromatic carbocycles. The number of amides is 1. The summed E-state index contributed by atoms with van der Waals surface area (Å²) >= 11 is 0. The van der Waals surface area contributed by atoms with Crippen LogP contribution in [0.4, 0.5) is 0 Å². The first-order valence-electron chi connectivity index (χ1n) is 6.89. The second kappa shape index (κ2) is 9.01. The van der Waals surface area contributed by atoms with Crippen LogP contribution in [0.5, 0.6) is 0 Å². The van der Waals surface area contributed by atoms with Gasteiger partial charge in [-0.05, 0) is 59.3 Å². The molecule has 2 heterocycles. The number of nitrogens with one attached hydrogen (secondary N) is 2. The van der Waals surface area contributed by atoms with Crippen LogP contribution in [0.15, 0.2) is 0 Å². The highest BCUT2D eigenvalue weighted by Crippen LogP contribution is 2.17. The van der Waals surface area contributed by atoms with Gasteiger partial charge in [-0.15, -0.1) is 24.8 Å². The molecule has 0 spiro atoms. The summed E-state index contributed by atoms with van der Waals surface area (Å²) in [5.74, 6) is 0.513. The van der Waals surface area contributed by atoms with Gasteiger partial charge in [0.15, 0.2) is 0 Å². The monoisotopic (exact) mass is 311 g/mol. The summed E-state index contributed by atoms with van der Waals surface area (Å²) in [6, 6.07) is 0.745. The third-order valence-corrected chi connectivity index (χ3v) is 4.18. The van der Waals surface area contributed by atoms with E-state index in [2.05, 4.69) is 29.5 Å². The van der Waals surface area contributed by atoms with E-state index in [0.717, 1.165) is 38.9 Å². The molecule has 0 aliphatic carbocycles. The summed E-state index contributed by atoms with van der Waals surface area (Å²) in [6.45, 7) is 5.35. The molecular formula is C13H27Cl2N3O. The van der Waals surface area contributed by atoms with Crippen LogP contribution < -0.4 is 10.6 Å². The fourth-order valence-electron chi connectivity index (χ4n) is 2.81. The summed E-state index contributed by atoms with van der Waals surface area (Å²) < 4.78 is 0. The first-order valence-corrected chi connectivity index (χ1v) is 6.89. The van der Waals surface area contributed by atoms with Gasteiger partial charge in [-0.1, -0.05) is 0 Å². The predicted molar refractivity (Wildman–Crippen MR) is 83.3 cm³/mol. The molecule has 0 aromatic heterocycles. The third-order valence-electron chi connectivity index (χ3n) is 4.18. The second-order valence-electron chi connectivity index (χ2n) is 5.58. The Labute approximate surface area is 128 Å². The highest BCUT2D eigenvalue weighted by atomic mass is 35.5. The largest absolute Gasteiger partial charge is 0.352 e. The van der Waals surface area contributed by atoms with E-state index in [1.54, 1.807) is 0 Å². The van der Waals surface area contributed by atoms with Crippen molar-refractivity contribution in [1.82, 2.24) is 15.5 Å². The summed E-state index contributed by atoms with van der Waals surface area (Å²) in [5, 5.41) is 6.66. The molecule has 2 rings (SSSR count). The molecule has 0 saturated carbocycles. The average molecular weight is 312 g/mol. The smallest absolute Gasteiger partial charge is 0.223 e. The van der Waals surface area contributed by atoms with Crippen molar-refractivity contribution in [3.8, 4) is 0 Å². The van der Waals surface area contributed by atoms with Gasteiger partial charge >= 0.3 is 0 Å². The number of nitrogens with zero attached hydrogens (tertiary/aromatic N) is 1. The lowest BCUT2D eigenvalue weighted by molar-refractivity contribution is -0.127. The fraction of sp³-hybridized carbons (Fsp3) is 0.923. The van der Waals surface area contributed by atoms with Crippen LogP contribution in [0.25, 0.3) is 0 Å². The average Bonchev–Trinajstić information content (AvgIpc) is 2.33. The number of halogens is 2. The van der Waals surface area contributed by atoms with Crippen LogP contribution in [0, 0.1) is 5.92 Å². The van der Waals surface area contributed by atoms with Crippen molar-refractivity contribution >= 4 is 30.7 Å². The Morgan fingerprint density at radius 1 is 1.21 bits per heavy atom. The zero-order valence-electron chi connectivity index (χ0n) is 11.9. The van der Waals surface area contributed by atoms with E-state index < -0.39 is 0 Å². The van der Waals surface area contributed by atoms with E-state index in [0.29, 0.717) is 12.1 Å². The van der Waals surface area contributed by atoms with Gasteiger partial charge in [-0.25, -0.2) is 0 Å². The van der Waals surface area contributed by atoms with Crippen molar-refractivity contribution in [1.29, 1.82) is 0 Å². The van der Waals surface area contributed by atoms with Gasteiger partial charge in [0.1, 0.15) is 0 Å². The van der Waals surface area contributed by atoms with Crippen LogP contribution >= 0.6 is 24.8 Å². The normalized spacial score (nSPS) is 28.9. The molecule has 2 atom stereocenters. The van der Waals surface area contributed by atoms with Gasteiger partial charge in [0, 0.05) is 18.0 Å². The van der Waals surface area contributed by atoms with Gasteiger partial charge in [0.25, 0.3) is 0 Å². The predicted octanol–water partition coefficient (Wildman–Crippen LogP) is 1.43. The van der Waals surface area contributed by atoms with Gasteiger partial charge in [-0.2, -0.15) is 0 Å².